The number of rotatable bonds is 7. The van der Waals surface area contributed by atoms with Gasteiger partial charge in [-0.3, -0.25) is 9.59 Å². The first-order valence-electron chi connectivity index (χ1n) is 12.5. The van der Waals surface area contributed by atoms with Crippen molar-refractivity contribution in [3.8, 4) is 10.4 Å². The lowest BCUT2D eigenvalue weighted by Gasteiger charge is -2.36. The number of nitrogens with one attached hydrogen (secondary N) is 1. The van der Waals surface area contributed by atoms with E-state index in [1.54, 1.807) is 16.2 Å². The molecule has 0 radical (unpaired) electrons. The molecule has 2 heterocycles. The van der Waals surface area contributed by atoms with Crippen LogP contribution in [-0.4, -0.2) is 45.5 Å². The number of hydrogen-bond acceptors (Lipinski definition) is 5. The van der Waals surface area contributed by atoms with Crippen LogP contribution in [-0.2, 0) is 16.1 Å². The van der Waals surface area contributed by atoms with Crippen molar-refractivity contribution in [1.82, 2.24) is 15.2 Å². The molecule has 2 N–H and O–H groups in total. The predicted octanol–water partition coefficient (Wildman–Crippen LogP) is 5.19. The molecule has 2 amide bonds. The highest BCUT2D eigenvalue weighted by molar-refractivity contribution is 7.13. The molecule has 2 aromatic rings. The third-order valence-electron chi connectivity index (χ3n) is 6.82. The van der Waals surface area contributed by atoms with Crippen molar-refractivity contribution < 1.29 is 14.7 Å². The Morgan fingerprint density at radius 2 is 1.83 bits per heavy atom. The maximum absolute atomic E-state index is 13.7. The van der Waals surface area contributed by atoms with E-state index < -0.39 is 12.1 Å². The second-order valence-electron chi connectivity index (χ2n) is 12.1. The van der Waals surface area contributed by atoms with Crippen molar-refractivity contribution in [3.05, 3.63) is 41.0 Å². The number of aliphatic hydroxyl groups is 1. The van der Waals surface area contributed by atoms with Crippen LogP contribution in [0.15, 0.2) is 29.8 Å². The molecule has 35 heavy (non-hydrogen) atoms. The number of benzene rings is 1. The van der Waals surface area contributed by atoms with E-state index in [1.165, 1.54) is 0 Å². The molecule has 0 saturated carbocycles. The van der Waals surface area contributed by atoms with E-state index in [4.69, 9.17) is 0 Å². The second kappa shape index (κ2) is 10.8. The van der Waals surface area contributed by atoms with Gasteiger partial charge in [-0.25, -0.2) is 4.98 Å². The highest BCUT2D eigenvalue weighted by atomic mass is 32.1. The van der Waals surface area contributed by atoms with E-state index in [-0.39, 0.29) is 41.5 Å². The summed E-state index contributed by atoms with van der Waals surface area (Å²) in [6.45, 7) is 15.4. The quantitative estimate of drug-likeness (QED) is 0.550. The Morgan fingerprint density at radius 3 is 2.37 bits per heavy atom. The van der Waals surface area contributed by atoms with Crippen LogP contribution >= 0.6 is 11.3 Å². The number of carbonyl (C=O) groups is 2. The summed E-state index contributed by atoms with van der Waals surface area (Å²) < 4.78 is 0. The lowest BCUT2D eigenvalue weighted by Crippen LogP contribution is -2.49. The summed E-state index contributed by atoms with van der Waals surface area (Å²) in [4.78, 5) is 33.9. The van der Waals surface area contributed by atoms with Crippen LogP contribution in [0.2, 0.25) is 0 Å². The van der Waals surface area contributed by atoms with E-state index >= 15 is 0 Å². The minimum absolute atomic E-state index is 0.0252. The lowest BCUT2D eigenvalue weighted by atomic mass is 9.74. The van der Waals surface area contributed by atoms with Gasteiger partial charge in [0.1, 0.15) is 6.04 Å². The summed E-state index contributed by atoms with van der Waals surface area (Å²) in [7, 11) is 0. The lowest BCUT2D eigenvalue weighted by molar-refractivity contribution is -0.145. The number of nitrogens with zero attached hydrogens (tertiary/aromatic N) is 2. The standard InChI is InChI=1S/C28H41N3O3S/c1-18-24(35-17-30-18)20-10-8-19(9-11-20)15-29-25(33)23-14-21(32)16-31(23)26(34)22(28(5,6)7)12-13-27(2,3)4/h8-11,17,21-23,32H,12-16H2,1-7H3,(H,29,33)/t21-,22-,23+/m1/s1. The Kier molecular flexibility index (Phi) is 8.43. The van der Waals surface area contributed by atoms with Gasteiger partial charge in [0.25, 0.3) is 0 Å². The molecule has 1 fully saturated rings. The van der Waals surface area contributed by atoms with Gasteiger partial charge in [-0.05, 0) is 41.7 Å². The van der Waals surface area contributed by atoms with Crippen LogP contribution in [0, 0.1) is 23.7 Å². The topological polar surface area (TPSA) is 82.5 Å². The van der Waals surface area contributed by atoms with Crippen molar-refractivity contribution in [3.63, 3.8) is 0 Å². The highest BCUT2D eigenvalue weighted by Crippen LogP contribution is 2.36. The van der Waals surface area contributed by atoms with Crippen molar-refractivity contribution >= 4 is 23.2 Å². The molecule has 7 heteroatoms. The van der Waals surface area contributed by atoms with Crippen molar-refractivity contribution in [1.29, 1.82) is 0 Å². The zero-order valence-corrected chi connectivity index (χ0v) is 23.0. The molecular formula is C28H41N3O3S. The van der Waals surface area contributed by atoms with Gasteiger partial charge in [0, 0.05) is 25.4 Å². The summed E-state index contributed by atoms with van der Waals surface area (Å²) in [5.74, 6) is -0.437. The van der Waals surface area contributed by atoms with Crippen LogP contribution in [0.1, 0.15) is 72.1 Å². The van der Waals surface area contributed by atoms with Gasteiger partial charge in [0.2, 0.25) is 11.8 Å². The average molecular weight is 500 g/mol. The molecule has 0 aliphatic carbocycles. The smallest absolute Gasteiger partial charge is 0.243 e. The molecule has 1 saturated heterocycles. The Hall–Kier alpha value is -2.25. The SMILES string of the molecule is Cc1ncsc1-c1ccc(CNC(=O)[C@@H]2C[C@@H](O)CN2C(=O)[C@@H](CCC(C)(C)C)C(C)(C)C)cc1. The number of aliphatic hydroxyl groups excluding tert-OH is 1. The zero-order valence-electron chi connectivity index (χ0n) is 22.2. The predicted molar refractivity (Wildman–Crippen MR) is 142 cm³/mol. The van der Waals surface area contributed by atoms with Crippen LogP contribution in [0.5, 0.6) is 0 Å². The Balaban J connectivity index is 1.66. The monoisotopic (exact) mass is 499 g/mol. The third kappa shape index (κ3) is 7.14. The maximum atomic E-state index is 13.7. The molecule has 0 bridgehead atoms. The number of aromatic nitrogens is 1. The number of hydrogen-bond donors (Lipinski definition) is 2. The van der Waals surface area contributed by atoms with Gasteiger partial charge in [0.05, 0.1) is 22.2 Å². The maximum Gasteiger partial charge on any atom is 0.243 e. The minimum Gasteiger partial charge on any atom is -0.391 e. The van der Waals surface area contributed by atoms with Gasteiger partial charge >= 0.3 is 0 Å². The van der Waals surface area contributed by atoms with Crippen LogP contribution in [0.3, 0.4) is 0 Å². The summed E-state index contributed by atoms with van der Waals surface area (Å²) in [6.07, 6.45) is 1.28. The summed E-state index contributed by atoms with van der Waals surface area (Å²) in [5.41, 5.74) is 4.85. The van der Waals surface area contributed by atoms with Crippen LogP contribution in [0.25, 0.3) is 10.4 Å². The number of likely N-dealkylation sites (tertiary alicyclic amines) is 1. The van der Waals surface area contributed by atoms with Crippen molar-refractivity contribution in [2.24, 2.45) is 16.7 Å². The Morgan fingerprint density at radius 1 is 1.17 bits per heavy atom. The largest absolute Gasteiger partial charge is 0.391 e. The molecule has 3 atom stereocenters. The van der Waals surface area contributed by atoms with Gasteiger partial charge in [-0.1, -0.05) is 65.8 Å². The first-order chi connectivity index (χ1) is 16.3. The van der Waals surface area contributed by atoms with Crippen LogP contribution < -0.4 is 5.32 Å². The van der Waals surface area contributed by atoms with E-state index in [2.05, 4.69) is 51.8 Å². The fraction of sp³-hybridized carbons (Fsp3) is 0.607. The molecule has 3 rings (SSSR count). The normalized spacial score (nSPS) is 19.6. The first-order valence-corrected chi connectivity index (χ1v) is 13.4. The van der Waals surface area contributed by atoms with E-state index in [0.29, 0.717) is 6.54 Å². The fourth-order valence-corrected chi connectivity index (χ4v) is 5.48. The minimum atomic E-state index is -0.681. The van der Waals surface area contributed by atoms with Crippen molar-refractivity contribution in [2.45, 2.75) is 86.4 Å². The molecule has 0 spiro atoms. The Bertz CT molecular complexity index is 1020. The van der Waals surface area contributed by atoms with Gasteiger partial charge in [0.15, 0.2) is 0 Å². The third-order valence-corrected chi connectivity index (χ3v) is 7.80. The molecular weight excluding hydrogens is 458 g/mol. The summed E-state index contributed by atoms with van der Waals surface area (Å²) in [6, 6.07) is 7.45. The molecule has 192 valence electrons. The second-order valence-corrected chi connectivity index (χ2v) is 13.0. The molecule has 0 unspecified atom stereocenters. The number of carbonyl (C=O) groups excluding carboxylic acids is 2. The van der Waals surface area contributed by atoms with Crippen LogP contribution in [0.4, 0.5) is 0 Å². The zero-order chi connectivity index (χ0) is 26.0. The first kappa shape index (κ1) is 27.3. The number of amides is 2. The number of aryl methyl sites for hydroxylation is 1. The molecule has 1 aromatic carbocycles. The molecule has 1 aliphatic rings. The summed E-state index contributed by atoms with van der Waals surface area (Å²) in [5, 5.41) is 13.4. The molecule has 1 aromatic heterocycles. The van der Waals surface area contributed by atoms with Crippen molar-refractivity contribution in [2.75, 3.05) is 6.54 Å². The molecule has 6 nitrogen and oxygen atoms in total. The Labute approximate surface area is 214 Å². The number of thiazole rings is 1. The van der Waals surface area contributed by atoms with E-state index in [0.717, 1.165) is 34.5 Å². The fourth-order valence-electron chi connectivity index (χ4n) is 4.67. The van der Waals surface area contributed by atoms with Gasteiger partial charge < -0.3 is 15.3 Å². The summed E-state index contributed by atoms with van der Waals surface area (Å²) >= 11 is 1.61. The van der Waals surface area contributed by atoms with E-state index in [9.17, 15) is 14.7 Å². The van der Waals surface area contributed by atoms with E-state index in [1.807, 2.05) is 36.7 Å². The van der Waals surface area contributed by atoms with Gasteiger partial charge in [-0.15, -0.1) is 11.3 Å². The number of β-amino-alcohol motifs (C(OH)–C–C–N with tert-alkyl or cyclic N) is 1. The average Bonchev–Trinajstić information content (AvgIpc) is 3.36. The van der Waals surface area contributed by atoms with Gasteiger partial charge in [-0.2, -0.15) is 0 Å². The highest BCUT2D eigenvalue weighted by Gasteiger charge is 2.43. The molecule has 1 aliphatic heterocycles.